The average molecular weight is 272 g/mol. The summed E-state index contributed by atoms with van der Waals surface area (Å²) >= 11 is 0. The number of hydrogen-bond acceptors (Lipinski definition) is 3. The molecule has 1 aromatic rings. The summed E-state index contributed by atoms with van der Waals surface area (Å²) in [6.45, 7) is 2.02. The van der Waals surface area contributed by atoms with Crippen LogP contribution in [0.1, 0.15) is 19.8 Å². The van der Waals surface area contributed by atoms with Crippen LogP contribution >= 0.6 is 0 Å². The zero-order chi connectivity index (χ0) is 13.4. The maximum atomic E-state index is 13.1. The predicted molar refractivity (Wildman–Crippen MR) is 66.9 cm³/mol. The minimum absolute atomic E-state index is 0.0668. The zero-order valence-electron chi connectivity index (χ0n) is 10.2. The molecule has 0 saturated heterocycles. The lowest BCUT2D eigenvalue weighted by Gasteiger charge is -2.29. The Kier molecular flexibility index (Phi) is 3.44. The standard InChI is InChI=1S/C12H17FN2O2S/c1-12(8-14,9-5-6-9)15-18(16,17)11-4-2-3-10(13)7-11/h2-4,7,9,15H,5-6,8,14H2,1H3. The fourth-order valence-corrected chi connectivity index (χ4v) is 3.52. The largest absolute Gasteiger partial charge is 0.329 e. The van der Waals surface area contributed by atoms with Crippen LogP contribution in [0.15, 0.2) is 29.2 Å². The van der Waals surface area contributed by atoms with Crippen molar-refractivity contribution >= 4 is 10.0 Å². The number of nitrogens with one attached hydrogen (secondary N) is 1. The molecule has 0 spiro atoms. The first kappa shape index (κ1) is 13.5. The van der Waals surface area contributed by atoms with Gasteiger partial charge in [-0.1, -0.05) is 6.07 Å². The van der Waals surface area contributed by atoms with Crippen molar-refractivity contribution in [2.45, 2.75) is 30.2 Å². The van der Waals surface area contributed by atoms with Crippen molar-refractivity contribution in [1.82, 2.24) is 4.72 Å². The van der Waals surface area contributed by atoms with Gasteiger partial charge in [-0.2, -0.15) is 0 Å². The molecule has 1 aliphatic carbocycles. The van der Waals surface area contributed by atoms with Crippen molar-refractivity contribution in [1.29, 1.82) is 0 Å². The third-order valence-corrected chi connectivity index (χ3v) is 4.99. The molecule has 2 rings (SSSR count). The maximum absolute atomic E-state index is 13.1. The van der Waals surface area contributed by atoms with Crippen molar-refractivity contribution in [3.05, 3.63) is 30.1 Å². The first-order chi connectivity index (χ1) is 8.37. The molecule has 1 aromatic carbocycles. The smallest absolute Gasteiger partial charge is 0.241 e. The minimum Gasteiger partial charge on any atom is -0.329 e. The van der Waals surface area contributed by atoms with Gasteiger partial charge in [0.15, 0.2) is 0 Å². The average Bonchev–Trinajstić information content (AvgIpc) is 3.12. The van der Waals surface area contributed by atoms with E-state index in [2.05, 4.69) is 4.72 Å². The number of halogens is 1. The number of nitrogens with two attached hydrogens (primary N) is 1. The molecule has 1 fully saturated rings. The van der Waals surface area contributed by atoms with E-state index < -0.39 is 21.4 Å². The summed E-state index contributed by atoms with van der Waals surface area (Å²) < 4.78 is 40.0. The molecule has 0 radical (unpaired) electrons. The molecule has 1 aliphatic rings. The Morgan fingerprint density at radius 1 is 1.50 bits per heavy atom. The van der Waals surface area contributed by atoms with Crippen LogP contribution in [0.2, 0.25) is 0 Å². The fourth-order valence-electron chi connectivity index (χ4n) is 2.01. The van der Waals surface area contributed by atoms with E-state index in [1.54, 1.807) is 6.92 Å². The van der Waals surface area contributed by atoms with Gasteiger partial charge in [0.2, 0.25) is 10.0 Å². The van der Waals surface area contributed by atoms with Crippen molar-refractivity contribution < 1.29 is 12.8 Å². The van der Waals surface area contributed by atoms with Crippen LogP contribution in [0.4, 0.5) is 4.39 Å². The summed E-state index contributed by atoms with van der Waals surface area (Å²) in [5.41, 5.74) is 5.01. The number of hydrogen-bond donors (Lipinski definition) is 2. The minimum atomic E-state index is -3.73. The highest BCUT2D eigenvalue weighted by Gasteiger charge is 2.43. The highest BCUT2D eigenvalue weighted by atomic mass is 32.2. The molecular formula is C12H17FN2O2S. The SMILES string of the molecule is CC(CN)(NS(=O)(=O)c1cccc(F)c1)C1CC1. The Balaban J connectivity index is 2.26. The zero-order valence-corrected chi connectivity index (χ0v) is 11.0. The maximum Gasteiger partial charge on any atom is 0.241 e. The normalized spacial score (nSPS) is 19.5. The second-order valence-electron chi connectivity index (χ2n) is 4.96. The van der Waals surface area contributed by atoms with Gasteiger partial charge in [0.1, 0.15) is 5.82 Å². The summed E-state index contributed by atoms with van der Waals surface area (Å²) in [5.74, 6) is -0.301. The van der Waals surface area contributed by atoms with E-state index in [0.29, 0.717) is 0 Å². The number of rotatable bonds is 5. The van der Waals surface area contributed by atoms with Gasteiger partial charge >= 0.3 is 0 Å². The van der Waals surface area contributed by atoms with E-state index in [9.17, 15) is 12.8 Å². The topological polar surface area (TPSA) is 72.2 Å². The highest BCUT2D eigenvalue weighted by Crippen LogP contribution is 2.39. The van der Waals surface area contributed by atoms with Gasteiger partial charge in [0.05, 0.1) is 4.90 Å². The van der Waals surface area contributed by atoms with E-state index in [1.807, 2.05) is 0 Å². The van der Waals surface area contributed by atoms with Crippen LogP contribution < -0.4 is 10.5 Å². The molecule has 4 nitrogen and oxygen atoms in total. The first-order valence-corrected chi connectivity index (χ1v) is 7.35. The van der Waals surface area contributed by atoms with E-state index in [-0.39, 0.29) is 17.4 Å². The summed E-state index contributed by atoms with van der Waals surface area (Å²) in [5, 5.41) is 0. The molecule has 18 heavy (non-hydrogen) atoms. The molecule has 100 valence electrons. The predicted octanol–water partition coefficient (Wildman–Crippen LogP) is 1.23. The molecule has 1 saturated carbocycles. The van der Waals surface area contributed by atoms with Crippen LogP contribution in [0.3, 0.4) is 0 Å². The van der Waals surface area contributed by atoms with E-state index in [1.165, 1.54) is 18.2 Å². The Morgan fingerprint density at radius 3 is 2.67 bits per heavy atom. The Morgan fingerprint density at radius 2 is 2.17 bits per heavy atom. The van der Waals surface area contributed by atoms with Crippen LogP contribution in [-0.4, -0.2) is 20.5 Å². The second kappa shape index (κ2) is 4.60. The van der Waals surface area contributed by atoms with Gasteiger partial charge in [-0.15, -0.1) is 0 Å². The van der Waals surface area contributed by atoms with E-state index >= 15 is 0 Å². The van der Waals surface area contributed by atoms with Crippen LogP contribution in [-0.2, 0) is 10.0 Å². The first-order valence-electron chi connectivity index (χ1n) is 5.87. The van der Waals surface area contributed by atoms with Crippen molar-refractivity contribution in [2.24, 2.45) is 11.7 Å². The highest BCUT2D eigenvalue weighted by molar-refractivity contribution is 7.89. The number of benzene rings is 1. The lowest BCUT2D eigenvalue weighted by atomic mass is 9.98. The Hall–Kier alpha value is -0.980. The third-order valence-electron chi connectivity index (χ3n) is 3.38. The van der Waals surface area contributed by atoms with Crippen LogP contribution in [0.25, 0.3) is 0 Å². The molecule has 3 N–H and O–H groups in total. The van der Waals surface area contributed by atoms with E-state index in [0.717, 1.165) is 18.9 Å². The molecule has 0 aromatic heterocycles. The quantitative estimate of drug-likeness (QED) is 0.847. The summed E-state index contributed by atoms with van der Waals surface area (Å²) in [4.78, 5) is -0.0668. The lowest BCUT2D eigenvalue weighted by Crippen LogP contribution is -2.52. The monoisotopic (exact) mass is 272 g/mol. The molecule has 0 aliphatic heterocycles. The van der Waals surface area contributed by atoms with Gasteiger partial charge in [-0.05, 0) is 43.9 Å². The molecule has 0 bridgehead atoms. The lowest BCUT2D eigenvalue weighted by molar-refractivity contribution is 0.374. The summed E-state index contributed by atoms with van der Waals surface area (Å²) in [7, 11) is -3.73. The summed E-state index contributed by atoms with van der Waals surface area (Å²) in [6, 6.07) is 4.96. The van der Waals surface area contributed by atoms with Gasteiger partial charge in [-0.3, -0.25) is 0 Å². The molecule has 0 heterocycles. The van der Waals surface area contributed by atoms with Gasteiger partial charge in [-0.25, -0.2) is 17.5 Å². The van der Waals surface area contributed by atoms with Gasteiger partial charge < -0.3 is 5.73 Å². The van der Waals surface area contributed by atoms with E-state index in [4.69, 9.17) is 5.73 Å². The van der Waals surface area contributed by atoms with Crippen LogP contribution in [0, 0.1) is 11.7 Å². The Labute approximate surface area is 106 Å². The third kappa shape index (κ3) is 2.71. The van der Waals surface area contributed by atoms with Crippen LogP contribution in [0.5, 0.6) is 0 Å². The van der Waals surface area contributed by atoms with Gasteiger partial charge in [0.25, 0.3) is 0 Å². The Bertz CT molecular complexity index is 543. The second-order valence-corrected chi connectivity index (χ2v) is 6.64. The van der Waals surface area contributed by atoms with Crippen molar-refractivity contribution in [2.75, 3.05) is 6.54 Å². The molecule has 1 atom stereocenters. The summed E-state index contributed by atoms with van der Waals surface area (Å²) in [6.07, 6.45) is 1.94. The van der Waals surface area contributed by atoms with Gasteiger partial charge in [0, 0.05) is 12.1 Å². The van der Waals surface area contributed by atoms with Crippen molar-refractivity contribution in [3.8, 4) is 0 Å². The van der Waals surface area contributed by atoms with Crippen molar-refractivity contribution in [3.63, 3.8) is 0 Å². The fraction of sp³-hybridized carbons (Fsp3) is 0.500. The molecular weight excluding hydrogens is 255 g/mol. The number of sulfonamides is 1. The molecule has 1 unspecified atom stereocenters. The molecule has 0 amide bonds. The molecule has 6 heteroatoms.